The molecule has 1 aliphatic heterocycles. The van der Waals surface area contributed by atoms with Crippen LogP contribution in [0.15, 0.2) is 35.7 Å². The Morgan fingerprint density at radius 1 is 1.25 bits per heavy atom. The van der Waals surface area contributed by atoms with Gasteiger partial charge in [-0.1, -0.05) is 12.1 Å². The molecule has 0 aliphatic carbocycles. The fraction of sp³-hybridized carbons (Fsp3) is 0.214. The molecule has 0 radical (unpaired) electrons. The number of carbonyl (C=O) groups is 3. The van der Waals surface area contributed by atoms with Crippen LogP contribution in [0.1, 0.15) is 20.7 Å². The Labute approximate surface area is 120 Å². The SMILES string of the molecule is COC(=O)[C@@H](/C=C/SC)N1C(=O)c2ccccc2C1=O. The summed E-state index contributed by atoms with van der Waals surface area (Å²) >= 11 is 1.37. The lowest BCUT2D eigenvalue weighted by molar-refractivity contribution is -0.143. The Kier molecular flexibility index (Phi) is 4.24. The van der Waals surface area contributed by atoms with Crippen LogP contribution in [-0.2, 0) is 9.53 Å². The van der Waals surface area contributed by atoms with Crippen molar-refractivity contribution in [3.63, 3.8) is 0 Å². The van der Waals surface area contributed by atoms with E-state index in [1.165, 1.54) is 24.9 Å². The molecule has 20 heavy (non-hydrogen) atoms. The Bertz CT molecular complexity index is 562. The van der Waals surface area contributed by atoms with Gasteiger partial charge in [0.25, 0.3) is 11.8 Å². The van der Waals surface area contributed by atoms with E-state index in [1.807, 2.05) is 6.26 Å². The molecule has 0 aromatic heterocycles. The molecule has 1 atom stereocenters. The van der Waals surface area contributed by atoms with Gasteiger partial charge in [0, 0.05) is 0 Å². The van der Waals surface area contributed by atoms with Crippen LogP contribution in [0.4, 0.5) is 0 Å². The molecule has 0 unspecified atom stereocenters. The number of carbonyl (C=O) groups excluding carboxylic acids is 3. The summed E-state index contributed by atoms with van der Waals surface area (Å²) < 4.78 is 4.67. The molecule has 6 heteroatoms. The van der Waals surface area contributed by atoms with E-state index >= 15 is 0 Å². The average Bonchev–Trinajstić information content (AvgIpc) is 2.73. The van der Waals surface area contributed by atoms with E-state index < -0.39 is 23.8 Å². The Hall–Kier alpha value is -2.08. The maximum absolute atomic E-state index is 12.3. The summed E-state index contributed by atoms with van der Waals surface area (Å²) in [5.41, 5.74) is 0.618. The van der Waals surface area contributed by atoms with Crippen LogP contribution in [0.25, 0.3) is 0 Å². The summed E-state index contributed by atoms with van der Waals surface area (Å²) in [4.78, 5) is 37.3. The highest BCUT2D eigenvalue weighted by atomic mass is 32.2. The monoisotopic (exact) mass is 291 g/mol. The molecule has 0 saturated carbocycles. The summed E-state index contributed by atoms with van der Waals surface area (Å²) in [6.07, 6.45) is 3.30. The van der Waals surface area contributed by atoms with Gasteiger partial charge in [0.1, 0.15) is 0 Å². The van der Waals surface area contributed by atoms with E-state index in [0.29, 0.717) is 11.1 Å². The van der Waals surface area contributed by atoms with Gasteiger partial charge in [-0.05, 0) is 29.9 Å². The molecule has 0 saturated heterocycles. The van der Waals surface area contributed by atoms with Crippen molar-refractivity contribution in [2.24, 2.45) is 0 Å². The molecule has 1 aromatic carbocycles. The molecule has 1 aliphatic rings. The predicted octanol–water partition coefficient (Wildman–Crippen LogP) is 1.70. The third kappa shape index (κ3) is 2.34. The van der Waals surface area contributed by atoms with Gasteiger partial charge in [0.15, 0.2) is 6.04 Å². The van der Waals surface area contributed by atoms with E-state index in [4.69, 9.17) is 0 Å². The topological polar surface area (TPSA) is 63.7 Å². The van der Waals surface area contributed by atoms with Crippen molar-refractivity contribution >= 4 is 29.5 Å². The van der Waals surface area contributed by atoms with Crippen LogP contribution in [0.5, 0.6) is 0 Å². The standard InChI is InChI=1S/C14H13NO4S/c1-19-14(18)11(7-8-20-2)15-12(16)9-5-3-4-6-10(9)13(15)17/h3-8,11H,1-2H3/b8-7+/t11-/m1/s1. The van der Waals surface area contributed by atoms with Gasteiger partial charge in [-0.3, -0.25) is 14.5 Å². The Morgan fingerprint density at radius 3 is 2.25 bits per heavy atom. The third-order valence-electron chi connectivity index (χ3n) is 2.94. The molecular weight excluding hydrogens is 278 g/mol. The summed E-state index contributed by atoms with van der Waals surface area (Å²) in [7, 11) is 1.22. The number of esters is 1. The van der Waals surface area contributed by atoms with Gasteiger partial charge in [-0.25, -0.2) is 4.79 Å². The fourth-order valence-corrected chi connectivity index (χ4v) is 2.31. The van der Waals surface area contributed by atoms with Crippen molar-refractivity contribution in [1.29, 1.82) is 0 Å². The molecule has 0 fully saturated rings. The normalized spacial score (nSPS) is 15.6. The number of benzene rings is 1. The molecule has 1 heterocycles. The van der Waals surface area contributed by atoms with Crippen LogP contribution >= 0.6 is 11.8 Å². The number of amides is 2. The number of imide groups is 1. The first-order valence-corrected chi connectivity index (χ1v) is 7.14. The minimum atomic E-state index is -1.04. The van der Waals surface area contributed by atoms with Gasteiger partial charge in [-0.2, -0.15) is 0 Å². The lowest BCUT2D eigenvalue weighted by Gasteiger charge is -2.20. The van der Waals surface area contributed by atoms with Crippen LogP contribution < -0.4 is 0 Å². The second-order valence-corrected chi connectivity index (χ2v) is 4.80. The number of methoxy groups -OCH3 is 1. The van der Waals surface area contributed by atoms with E-state index in [9.17, 15) is 14.4 Å². The second kappa shape index (κ2) is 5.92. The maximum atomic E-state index is 12.3. The Balaban J connectivity index is 2.41. The zero-order valence-corrected chi connectivity index (χ0v) is 11.8. The van der Waals surface area contributed by atoms with Gasteiger partial charge >= 0.3 is 5.97 Å². The summed E-state index contributed by atoms with van der Waals surface area (Å²) in [5, 5.41) is 1.64. The highest BCUT2D eigenvalue weighted by Gasteiger charge is 2.42. The van der Waals surface area contributed by atoms with Gasteiger partial charge in [0.05, 0.1) is 18.2 Å². The van der Waals surface area contributed by atoms with Gasteiger partial charge in [0.2, 0.25) is 0 Å². The minimum absolute atomic E-state index is 0.309. The van der Waals surface area contributed by atoms with Gasteiger partial charge < -0.3 is 4.74 Å². The van der Waals surface area contributed by atoms with Crippen LogP contribution in [0.3, 0.4) is 0 Å². The van der Waals surface area contributed by atoms with E-state index in [0.717, 1.165) is 4.90 Å². The lowest BCUT2D eigenvalue weighted by Crippen LogP contribution is -2.44. The molecule has 0 spiro atoms. The highest BCUT2D eigenvalue weighted by Crippen LogP contribution is 2.25. The van der Waals surface area contributed by atoms with Gasteiger partial charge in [-0.15, -0.1) is 11.8 Å². The molecular formula is C14H13NO4S. The van der Waals surface area contributed by atoms with Crippen LogP contribution in [0, 0.1) is 0 Å². The third-order valence-corrected chi connectivity index (χ3v) is 3.37. The predicted molar refractivity (Wildman–Crippen MR) is 75.4 cm³/mol. The summed E-state index contributed by atoms with van der Waals surface area (Å²) in [5.74, 6) is -1.61. The van der Waals surface area contributed by atoms with Crippen molar-refractivity contribution in [3.8, 4) is 0 Å². The number of rotatable bonds is 4. The molecule has 1 aromatic rings. The number of fused-ring (bicyclic) bond motifs is 1. The van der Waals surface area contributed by atoms with E-state index in [2.05, 4.69) is 4.74 Å². The summed E-state index contributed by atoms with van der Waals surface area (Å²) in [6, 6.07) is 5.46. The summed E-state index contributed by atoms with van der Waals surface area (Å²) in [6.45, 7) is 0. The number of ether oxygens (including phenoxy) is 1. The smallest absolute Gasteiger partial charge is 0.333 e. The average molecular weight is 291 g/mol. The number of hydrogen-bond donors (Lipinski definition) is 0. The molecule has 0 N–H and O–H groups in total. The maximum Gasteiger partial charge on any atom is 0.333 e. The first kappa shape index (κ1) is 14.3. The lowest BCUT2D eigenvalue weighted by atomic mass is 10.1. The van der Waals surface area contributed by atoms with Crippen molar-refractivity contribution in [1.82, 2.24) is 4.90 Å². The first-order chi connectivity index (χ1) is 9.61. The number of hydrogen-bond acceptors (Lipinski definition) is 5. The fourth-order valence-electron chi connectivity index (χ4n) is 2.00. The molecule has 104 valence electrons. The Morgan fingerprint density at radius 2 is 1.80 bits per heavy atom. The van der Waals surface area contributed by atoms with Crippen LogP contribution in [0.2, 0.25) is 0 Å². The molecule has 0 bridgehead atoms. The molecule has 2 rings (SSSR count). The minimum Gasteiger partial charge on any atom is -0.467 e. The molecule has 2 amide bonds. The number of nitrogens with zero attached hydrogens (tertiary/aromatic N) is 1. The quantitative estimate of drug-likeness (QED) is 0.624. The zero-order valence-electron chi connectivity index (χ0n) is 11.0. The number of thioether (sulfide) groups is 1. The first-order valence-electron chi connectivity index (χ1n) is 5.86. The van der Waals surface area contributed by atoms with Crippen molar-refractivity contribution in [2.75, 3.05) is 13.4 Å². The van der Waals surface area contributed by atoms with Crippen molar-refractivity contribution in [2.45, 2.75) is 6.04 Å². The second-order valence-electron chi connectivity index (χ2n) is 4.06. The van der Waals surface area contributed by atoms with Crippen molar-refractivity contribution < 1.29 is 19.1 Å². The molecule has 5 nitrogen and oxygen atoms in total. The van der Waals surface area contributed by atoms with Crippen molar-refractivity contribution in [3.05, 3.63) is 46.9 Å². The van der Waals surface area contributed by atoms with E-state index in [1.54, 1.807) is 29.7 Å². The highest BCUT2D eigenvalue weighted by molar-refractivity contribution is 8.01. The van der Waals surface area contributed by atoms with Crippen LogP contribution in [-0.4, -0.2) is 42.1 Å². The zero-order chi connectivity index (χ0) is 14.7. The largest absolute Gasteiger partial charge is 0.467 e. The van der Waals surface area contributed by atoms with E-state index in [-0.39, 0.29) is 0 Å².